The third kappa shape index (κ3) is 2.30. The minimum absolute atomic E-state index is 0.164. The van der Waals surface area contributed by atoms with E-state index >= 15 is 0 Å². The van der Waals surface area contributed by atoms with Crippen LogP contribution in [0.3, 0.4) is 0 Å². The average molecular weight is 245 g/mol. The van der Waals surface area contributed by atoms with E-state index in [1.54, 1.807) is 13.0 Å². The first kappa shape index (κ1) is 12.4. The lowest BCUT2D eigenvalue weighted by Crippen LogP contribution is -2.19. The van der Waals surface area contributed by atoms with Crippen LogP contribution in [0.5, 0.6) is 0 Å². The number of hydrogen-bond acceptors (Lipinski definition) is 2. The van der Waals surface area contributed by atoms with Crippen molar-refractivity contribution in [2.75, 3.05) is 6.61 Å². The van der Waals surface area contributed by atoms with Gasteiger partial charge in [-0.3, -0.25) is 0 Å². The van der Waals surface area contributed by atoms with Crippen molar-refractivity contribution in [2.45, 2.75) is 31.4 Å². The standard InChI is InChI=1S/C12H14F3NO/c1-8-6-9(12(13,14)15)2-3-10(8)11(4-5-11)7-17-16/h2-3,6H,4-5,7,16H2,1H3. The molecular formula is C12H14F3NO. The molecule has 0 bridgehead atoms. The van der Waals surface area contributed by atoms with Crippen LogP contribution in [0.1, 0.15) is 29.5 Å². The Balaban J connectivity index is 2.33. The molecule has 1 fully saturated rings. The number of benzene rings is 1. The summed E-state index contributed by atoms with van der Waals surface area (Å²) in [6.45, 7) is 2.06. The molecule has 0 heterocycles. The molecule has 5 heteroatoms. The second kappa shape index (κ2) is 3.99. The molecule has 1 aliphatic rings. The fourth-order valence-corrected chi connectivity index (χ4v) is 2.24. The van der Waals surface area contributed by atoms with E-state index in [0.717, 1.165) is 24.5 Å². The number of nitrogens with two attached hydrogens (primary N) is 1. The van der Waals surface area contributed by atoms with Crippen LogP contribution >= 0.6 is 0 Å². The zero-order chi connectivity index (χ0) is 12.7. The zero-order valence-electron chi connectivity index (χ0n) is 9.47. The van der Waals surface area contributed by atoms with Crippen LogP contribution in [-0.2, 0) is 16.4 Å². The molecule has 1 aromatic rings. The Kier molecular flexibility index (Phi) is 2.91. The van der Waals surface area contributed by atoms with Gasteiger partial charge >= 0.3 is 6.18 Å². The fraction of sp³-hybridized carbons (Fsp3) is 0.500. The van der Waals surface area contributed by atoms with Crippen molar-refractivity contribution in [3.05, 3.63) is 34.9 Å². The maximum absolute atomic E-state index is 12.5. The Bertz CT molecular complexity index is 424. The van der Waals surface area contributed by atoms with Gasteiger partial charge in [0.05, 0.1) is 12.2 Å². The molecule has 1 aliphatic carbocycles. The van der Waals surface area contributed by atoms with Gasteiger partial charge in [0.1, 0.15) is 0 Å². The zero-order valence-corrected chi connectivity index (χ0v) is 9.47. The highest BCUT2D eigenvalue weighted by molar-refractivity contribution is 5.41. The van der Waals surface area contributed by atoms with Gasteiger partial charge in [-0.1, -0.05) is 6.07 Å². The Hall–Kier alpha value is -1.07. The highest BCUT2D eigenvalue weighted by Crippen LogP contribution is 2.49. The summed E-state index contributed by atoms with van der Waals surface area (Å²) in [5.74, 6) is 5.06. The molecule has 0 spiro atoms. The molecule has 94 valence electrons. The van der Waals surface area contributed by atoms with Gasteiger partial charge in [0.25, 0.3) is 0 Å². The normalized spacial score (nSPS) is 18.2. The monoisotopic (exact) mass is 245 g/mol. The topological polar surface area (TPSA) is 35.2 Å². The second-order valence-corrected chi connectivity index (χ2v) is 4.62. The third-order valence-corrected chi connectivity index (χ3v) is 3.34. The number of rotatable bonds is 3. The van der Waals surface area contributed by atoms with Crippen LogP contribution in [0.15, 0.2) is 18.2 Å². The largest absolute Gasteiger partial charge is 0.416 e. The van der Waals surface area contributed by atoms with Gasteiger partial charge in [0, 0.05) is 5.41 Å². The number of hydrogen-bond donors (Lipinski definition) is 1. The summed E-state index contributed by atoms with van der Waals surface area (Å²) < 4.78 is 37.5. The molecule has 0 saturated heterocycles. The molecular weight excluding hydrogens is 231 g/mol. The van der Waals surface area contributed by atoms with Gasteiger partial charge in [-0.15, -0.1) is 0 Å². The molecule has 2 rings (SSSR count). The maximum Gasteiger partial charge on any atom is 0.416 e. The molecule has 0 radical (unpaired) electrons. The summed E-state index contributed by atoms with van der Waals surface area (Å²) >= 11 is 0. The molecule has 1 aromatic carbocycles. The summed E-state index contributed by atoms with van der Waals surface area (Å²) in [5.41, 5.74) is 0.789. The van der Waals surface area contributed by atoms with Crippen molar-refractivity contribution in [2.24, 2.45) is 5.90 Å². The van der Waals surface area contributed by atoms with Gasteiger partial charge in [-0.05, 0) is 43.0 Å². The highest BCUT2D eigenvalue weighted by atomic mass is 19.4. The van der Waals surface area contributed by atoms with E-state index in [-0.39, 0.29) is 5.41 Å². The molecule has 0 amide bonds. The molecule has 0 atom stereocenters. The van der Waals surface area contributed by atoms with Crippen molar-refractivity contribution < 1.29 is 18.0 Å². The Morgan fingerprint density at radius 1 is 1.35 bits per heavy atom. The van der Waals surface area contributed by atoms with E-state index < -0.39 is 11.7 Å². The first-order valence-corrected chi connectivity index (χ1v) is 5.39. The maximum atomic E-state index is 12.5. The number of halogens is 3. The van der Waals surface area contributed by atoms with Crippen LogP contribution in [-0.4, -0.2) is 6.61 Å². The first-order valence-electron chi connectivity index (χ1n) is 5.39. The lowest BCUT2D eigenvalue weighted by Gasteiger charge is -2.18. The molecule has 2 nitrogen and oxygen atoms in total. The van der Waals surface area contributed by atoms with Gasteiger partial charge in [0.15, 0.2) is 0 Å². The van der Waals surface area contributed by atoms with Gasteiger partial charge in [-0.25, -0.2) is 5.90 Å². The van der Waals surface area contributed by atoms with E-state index in [9.17, 15) is 13.2 Å². The van der Waals surface area contributed by atoms with E-state index in [0.29, 0.717) is 12.2 Å². The Labute approximate surface area is 97.5 Å². The third-order valence-electron chi connectivity index (χ3n) is 3.34. The predicted octanol–water partition coefficient (Wildman–Crippen LogP) is 2.94. The van der Waals surface area contributed by atoms with E-state index in [2.05, 4.69) is 4.84 Å². The highest BCUT2D eigenvalue weighted by Gasteiger charge is 2.46. The van der Waals surface area contributed by atoms with Crippen LogP contribution in [0, 0.1) is 6.92 Å². The molecule has 2 N–H and O–H groups in total. The second-order valence-electron chi connectivity index (χ2n) is 4.62. The number of aryl methyl sites for hydroxylation is 1. The van der Waals surface area contributed by atoms with E-state index in [4.69, 9.17) is 5.90 Å². The minimum atomic E-state index is -4.29. The lowest BCUT2D eigenvalue weighted by molar-refractivity contribution is -0.137. The molecule has 0 aliphatic heterocycles. The average Bonchev–Trinajstić information content (AvgIpc) is 2.97. The Morgan fingerprint density at radius 2 is 2.00 bits per heavy atom. The van der Waals surface area contributed by atoms with Gasteiger partial charge < -0.3 is 4.84 Å². The van der Waals surface area contributed by atoms with Gasteiger partial charge in [0.2, 0.25) is 0 Å². The van der Waals surface area contributed by atoms with Crippen molar-refractivity contribution in [3.63, 3.8) is 0 Å². The van der Waals surface area contributed by atoms with Crippen molar-refractivity contribution >= 4 is 0 Å². The van der Waals surface area contributed by atoms with Gasteiger partial charge in [-0.2, -0.15) is 13.2 Å². The molecule has 0 aromatic heterocycles. The molecule has 0 unspecified atom stereocenters. The quantitative estimate of drug-likeness (QED) is 0.831. The predicted molar refractivity (Wildman–Crippen MR) is 57.2 cm³/mol. The van der Waals surface area contributed by atoms with Crippen LogP contribution in [0.25, 0.3) is 0 Å². The molecule has 17 heavy (non-hydrogen) atoms. The fourth-order valence-electron chi connectivity index (χ4n) is 2.24. The summed E-state index contributed by atoms with van der Waals surface area (Å²) in [4.78, 5) is 4.65. The van der Waals surface area contributed by atoms with E-state index in [1.807, 2.05) is 0 Å². The molecule has 1 saturated carbocycles. The van der Waals surface area contributed by atoms with Crippen LogP contribution in [0.2, 0.25) is 0 Å². The lowest BCUT2D eigenvalue weighted by atomic mass is 9.91. The smallest absolute Gasteiger partial charge is 0.304 e. The summed E-state index contributed by atoms with van der Waals surface area (Å²) in [7, 11) is 0. The van der Waals surface area contributed by atoms with Crippen LogP contribution < -0.4 is 5.90 Å². The first-order chi connectivity index (χ1) is 7.89. The summed E-state index contributed by atoms with van der Waals surface area (Å²) in [5, 5.41) is 0. The summed E-state index contributed by atoms with van der Waals surface area (Å²) in [6, 6.07) is 3.86. The Morgan fingerprint density at radius 3 is 2.41 bits per heavy atom. The van der Waals surface area contributed by atoms with Crippen molar-refractivity contribution in [1.29, 1.82) is 0 Å². The minimum Gasteiger partial charge on any atom is -0.304 e. The van der Waals surface area contributed by atoms with Crippen molar-refractivity contribution in [1.82, 2.24) is 0 Å². The SMILES string of the molecule is Cc1cc(C(F)(F)F)ccc1C1(CON)CC1. The summed E-state index contributed by atoms with van der Waals surface area (Å²) in [6.07, 6.45) is -2.46. The van der Waals surface area contributed by atoms with Crippen LogP contribution in [0.4, 0.5) is 13.2 Å². The number of alkyl halides is 3. The van der Waals surface area contributed by atoms with Crippen molar-refractivity contribution in [3.8, 4) is 0 Å². The van der Waals surface area contributed by atoms with E-state index in [1.165, 1.54) is 6.07 Å².